The maximum absolute atomic E-state index is 12.0. The van der Waals surface area contributed by atoms with E-state index >= 15 is 0 Å². The average Bonchev–Trinajstić information content (AvgIpc) is 2.68. The van der Waals surface area contributed by atoms with Crippen LogP contribution < -0.4 is 0 Å². The zero-order chi connectivity index (χ0) is 22.8. The summed E-state index contributed by atoms with van der Waals surface area (Å²) in [6.07, 6.45) is 0. The maximum atomic E-state index is 12.0. The van der Waals surface area contributed by atoms with E-state index < -0.39 is 45.6 Å². The Balaban J connectivity index is 2.44. The molecule has 0 N–H and O–H groups in total. The summed E-state index contributed by atoms with van der Waals surface area (Å²) in [6.45, 7) is 0. The van der Waals surface area contributed by atoms with Gasteiger partial charge in [0.05, 0.1) is 9.79 Å². The molecule has 30 heavy (non-hydrogen) atoms. The van der Waals surface area contributed by atoms with Crippen LogP contribution in [0.4, 0.5) is 0 Å². The molecule has 0 fully saturated rings. The van der Waals surface area contributed by atoms with Crippen molar-refractivity contribution in [3.05, 3.63) is 69.4 Å². The second-order valence-electron chi connectivity index (χ2n) is 5.15. The molecule has 0 heterocycles. The van der Waals surface area contributed by atoms with E-state index in [4.69, 9.17) is 11.1 Å². The predicted octanol–water partition coefficient (Wildman–Crippen LogP) is 2.01. The molecule has 158 valence electrons. The van der Waals surface area contributed by atoms with Gasteiger partial charge in [0, 0.05) is 18.9 Å². The summed E-state index contributed by atoms with van der Waals surface area (Å²) in [6, 6.07) is 8.46. The molecule has 2 aromatic rings. The highest BCUT2D eigenvalue weighted by Crippen LogP contribution is 2.27. The first-order valence-corrected chi connectivity index (χ1v) is 14.0. The summed E-state index contributed by atoms with van der Waals surface area (Å²) >= 11 is 0. The van der Waals surface area contributed by atoms with Crippen LogP contribution in [0.15, 0.2) is 67.4 Å². The Morgan fingerprint density at radius 2 is 0.800 bits per heavy atom. The fraction of sp³-hybridized carbons (Fsp3) is 0. The molecule has 0 aliphatic rings. The smallest absolute Gasteiger partial charge is 0.207 e. The van der Waals surface area contributed by atoms with Crippen LogP contribution in [0.25, 0.3) is 32.0 Å². The minimum Gasteiger partial charge on any atom is -0.207 e. The summed E-state index contributed by atoms with van der Waals surface area (Å²) in [5.41, 5.74) is 17.0. The number of benzene rings is 2. The predicted molar refractivity (Wildman–Crippen MR) is 102 cm³/mol. The van der Waals surface area contributed by atoms with E-state index in [0.717, 1.165) is 24.3 Å². The molecule has 0 saturated carbocycles. The summed E-state index contributed by atoms with van der Waals surface area (Å²) in [7, 11) is -20.3. The van der Waals surface area contributed by atoms with E-state index in [-0.39, 0.29) is 0 Å². The summed E-state index contributed by atoms with van der Waals surface area (Å²) in [5.74, 6) is 0. The molecule has 0 bridgehead atoms. The molecule has 0 atom stereocenters. The highest BCUT2D eigenvalue weighted by Gasteiger charge is 2.32. The Hall–Kier alpha value is -3.14. The molecule has 2 aromatic carbocycles. The molecule has 0 aliphatic heterocycles. The Kier molecular flexibility index (Phi) is 6.13. The quantitative estimate of drug-likeness (QED) is 0.239. The van der Waals surface area contributed by atoms with Gasteiger partial charge in [-0.1, -0.05) is 24.3 Å². The molecular weight excluding hydrogens is 484 g/mol. The number of hydrogen-bond donors (Lipinski definition) is 0. The fourth-order valence-electron chi connectivity index (χ4n) is 2.05. The van der Waals surface area contributed by atoms with Gasteiger partial charge < -0.3 is 0 Å². The molecule has 2 rings (SSSR count). The first-order valence-electron chi connectivity index (χ1n) is 7.13. The summed E-state index contributed by atoms with van der Waals surface area (Å²) in [5, 5.41) is 0. The lowest BCUT2D eigenvalue weighted by Crippen LogP contribution is -2.12. The van der Waals surface area contributed by atoms with Crippen LogP contribution in [0.3, 0.4) is 0 Å². The van der Waals surface area contributed by atoms with E-state index in [9.17, 15) is 33.7 Å². The molecule has 0 unspecified atom stereocenters. The van der Waals surface area contributed by atoms with Crippen molar-refractivity contribution in [1.29, 1.82) is 0 Å². The molecule has 0 saturated heterocycles. The fourth-order valence-corrected chi connectivity index (χ4v) is 6.66. The normalized spacial score (nSPS) is 12.4. The Labute approximate surface area is 168 Å². The van der Waals surface area contributed by atoms with Crippen molar-refractivity contribution in [3.63, 3.8) is 0 Å². The van der Waals surface area contributed by atoms with Crippen LogP contribution in [-0.4, -0.2) is 33.7 Å². The van der Waals surface area contributed by atoms with Crippen LogP contribution in [0.5, 0.6) is 0 Å². The van der Waals surface area contributed by atoms with Gasteiger partial charge in [-0.25, -0.2) is 33.7 Å². The van der Waals surface area contributed by atoms with Gasteiger partial charge in [-0.15, -0.1) is 0 Å². The lowest BCUT2D eigenvalue weighted by atomic mass is 10.1. The van der Waals surface area contributed by atoms with Crippen LogP contribution >= 0.6 is 0 Å². The van der Waals surface area contributed by atoms with Crippen molar-refractivity contribution in [2.75, 3.05) is 0 Å². The van der Waals surface area contributed by atoms with Crippen molar-refractivity contribution in [2.24, 2.45) is 9.04 Å². The van der Waals surface area contributed by atoms with E-state index in [2.05, 4.69) is 9.04 Å². The Morgan fingerprint density at radius 3 is 1.03 bits per heavy atom. The van der Waals surface area contributed by atoms with Gasteiger partial charge >= 0.3 is 18.1 Å². The third kappa shape index (κ3) is 4.09. The van der Waals surface area contributed by atoms with E-state index in [1.807, 2.05) is 9.82 Å². The molecular formula is C12H8N6O8S4. The third-order valence-electron chi connectivity index (χ3n) is 3.45. The monoisotopic (exact) mass is 492 g/mol. The molecule has 0 radical (unpaired) electrons. The van der Waals surface area contributed by atoms with Gasteiger partial charge in [-0.05, 0) is 46.5 Å². The van der Waals surface area contributed by atoms with Gasteiger partial charge in [0.1, 0.15) is 0 Å². The van der Waals surface area contributed by atoms with Gasteiger partial charge in [-0.2, -0.15) is 0 Å². The number of azide groups is 2. The number of hydrogen-bond acceptors (Lipinski definition) is 8. The maximum Gasteiger partial charge on any atom is 0.345 e. The zero-order valence-electron chi connectivity index (χ0n) is 14.2. The first-order chi connectivity index (χ1) is 13.8. The van der Waals surface area contributed by atoms with Gasteiger partial charge in [0.15, 0.2) is 0 Å². The molecule has 14 nitrogen and oxygen atoms in total. The zero-order valence-corrected chi connectivity index (χ0v) is 17.5. The standard InChI is InChI=1S/C12H8N6O8S4/c13-15-17-29(23,24)27(19,20)11-5-1-9(2-6-11)10-3-7-12(8-4-10)28(21,22)30(25,26)18-16-14/h1-8H. The van der Waals surface area contributed by atoms with E-state index in [1.54, 1.807) is 0 Å². The van der Waals surface area contributed by atoms with Crippen LogP contribution in [-0.2, 0) is 35.8 Å². The van der Waals surface area contributed by atoms with Crippen molar-refractivity contribution >= 4 is 35.8 Å². The molecule has 0 aromatic heterocycles. The summed E-state index contributed by atoms with van der Waals surface area (Å²) < 4.78 is 98.6. The van der Waals surface area contributed by atoms with Gasteiger partial charge in [0.2, 0.25) is 0 Å². The Bertz CT molecular complexity index is 1400. The van der Waals surface area contributed by atoms with Crippen molar-refractivity contribution in [3.8, 4) is 11.1 Å². The van der Waals surface area contributed by atoms with Crippen molar-refractivity contribution in [2.45, 2.75) is 9.79 Å². The number of nitrogens with zero attached hydrogens (tertiary/aromatic N) is 6. The van der Waals surface area contributed by atoms with Crippen LogP contribution in [0.2, 0.25) is 0 Å². The largest absolute Gasteiger partial charge is 0.345 e. The summed E-state index contributed by atoms with van der Waals surface area (Å²) in [4.78, 5) is 2.58. The molecule has 0 spiro atoms. The second-order valence-corrected chi connectivity index (χ2v) is 15.1. The molecule has 18 heteroatoms. The topological polar surface area (TPSA) is 234 Å². The molecule has 0 amide bonds. The highest BCUT2D eigenvalue weighted by molar-refractivity contribution is 8.67. The minimum absolute atomic E-state index is 0.317. The Morgan fingerprint density at radius 1 is 0.533 bits per heavy atom. The lowest BCUT2D eigenvalue weighted by molar-refractivity contribution is 0.583. The first kappa shape index (κ1) is 23.1. The molecule has 0 aliphatic carbocycles. The lowest BCUT2D eigenvalue weighted by Gasteiger charge is -2.06. The highest BCUT2D eigenvalue weighted by atomic mass is 33.2. The van der Waals surface area contributed by atoms with Crippen molar-refractivity contribution < 1.29 is 33.7 Å². The van der Waals surface area contributed by atoms with Gasteiger partial charge in [-0.3, -0.25) is 0 Å². The number of rotatable bonds is 7. The average molecular weight is 492 g/mol. The SMILES string of the molecule is [N-]=[N+]=NS(=O)(=O)S(=O)(=O)c1ccc(-c2ccc(S(=O)(=O)S(=O)(=O)N=[N+]=[N-])cc2)cc1. The second kappa shape index (κ2) is 7.94. The van der Waals surface area contributed by atoms with E-state index in [1.165, 1.54) is 24.3 Å². The third-order valence-corrected chi connectivity index (χ3v) is 11.7. The van der Waals surface area contributed by atoms with Crippen LogP contribution in [0, 0.1) is 0 Å². The van der Waals surface area contributed by atoms with Crippen LogP contribution in [0.1, 0.15) is 0 Å². The van der Waals surface area contributed by atoms with Gasteiger partial charge in [0.25, 0.3) is 17.7 Å². The van der Waals surface area contributed by atoms with E-state index in [0.29, 0.717) is 11.1 Å². The minimum atomic E-state index is -5.16. The van der Waals surface area contributed by atoms with Crippen molar-refractivity contribution in [1.82, 2.24) is 0 Å².